The number of aliphatic hydroxyl groups is 1. The molecule has 0 aliphatic heterocycles. The fraction of sp³-hybridized carbons (Fsp3) is 0.750. The van der Waals surface area contributed by atoms with Crippen molar-refractivity contribution in [3.8, 4) is 0 Å². The lowest BCUT2D eigenvalue weighted by Gasteiger charge is -2.07. The van der Waals surface area contributed by atoms with Crippen molar-refractivity contribution in [1.82, 2.24) is 0 Å². The van der Waals surface area contributed by atoms with E-state index < -0.39 is 19.1 Å². The van der Waals surface area contributed by atoms with E-state index in [0.29, 0.717) is 12.8 Å². The van der Waals surface area contributed by atoms with Gasteiger partial charge in [-0.15, -0.1) is 6.58 Å². The SMILES string of the molecule is C=CCC(O)CCOCC(F)F. The van der Waals surface area contributed by atoms with Crippen LogP contribution in [-0.4, -0.2) is 30.8 Å². The maximum Gasteiger partial charge on any atom is 0.261 e. The molecule has 0 bridgehead atoms. The molecular formula is C8H14F2O2. The number of hydrogen-bond acceptors (Lipinski definition) is 2. The maximum atomic E-state index is 11.5. The molecule has 12 heavy (non-hydrogen) atoms. The Balaban J connectivity index is 3.13. The molecule has 0 heterocycles. The summed E-state index contributed by atoms with van der Waals surface area (Å²) >= 11 is 0. The highest BCUT2D eigenvalue weighted by Crippen LogP contribution is 1.99. The summed E-state index contributed by atoms with van der Waals surface area (Å²) in [5.74, 6) is 0. The lowest BCUT2D eigenvalue weighted by molar-refractivity contribution is 0.00538. The Hall–Kier alpha value is -0.480. The molecule has 0 rings (SSSR count). The predicted molar refractivity (Wildman–Crippen MR) is 42.3 cm³/mol. The molecule has 1 N–H and O–H groups in total. The topological polar surface area (TPSA) is 29.5 Å². The molecule has 0 spiro atoms. The zero-order valence-corrected chi connectivity index (χ0v) is 6.88. The first-order valence-corrected chi connectivity index (χ1v) is 3.81. The summed E-state index contributed by atoms with van der Waals surface area (Å²) in [4.78, 5) is 0. The first kappa shape index (κ1) is 11.5. The first-order chi connectivity index (χ1) is 5.66. The molecule has 0 aliphatic rings. The van der Waals surface area contributed by atoms with Crippen molar-refractivity contribution >= 4 is 0 Å². The van der Waals surface area contributed by atoms with E-state index in [1.165, 1.54) is 0 Å². The molecule has 0 saturated carbocycles. The molecule has 2 nitrogen and oxygen atoms in total. The van der Waals surface area contributed by atoms with Crippen LogP contribution in [0, 0.1) is 0 Å². The summed E-state index contributed by atoms with van der Waals surface area (Å²) < 4.78 is 27.6. The fourth-order valence-electron chi connectivity index (χ4n) is 0.702. The molecule has 1 unspecified atom stereocenters. The lowest BCUT2D eigenvalue weighted by atomic mass is 10.2. The molecule has 1 atom stereocenters. The van der Waals surface area contributed by atoms with Crippen molar-refractivity contribution in [2.75, 3.05) is 13.2 Å². The van der Waals surface area contributed by atoms with E-state index in [4.69, 9.17) is 5.11 Å². The van der Waals surface area contributed by atoms with Crippen LogP contribution in [0.1, 0.15) is 12.8 Å². The fourth-order valence-corrected chi connectivity index (χ4v) is 0.702. The van der Waals surface area contributed by atoms with Crippen LogP contribution >= 0.6 is 0 Å². The van der Waals surface area contributed by atoms with E-state index in [-0.39, 0.29) is 6.61 Å². The Morgan fingerprint density at radius 2 is 2.17 bits per heavy atom. The third kappa shape index (κ3) is 7.63. The third-order valence-electron chi connectivity index (χ3n) is 1.28. The first-order valence-electron chi connectivity index (χ1n) is 3.81. The predicted octanol–water partition coefficient (Wildman–Crippen LogP) is 1.60. The van der Waals surface area contributed by atoms with Gasteiger partial charge in [0.15, 0.2) is 0 Å². The summed E-state index contributed by atoms with van der Waals surface area (Å²) in [7, 11) is 0. The van der Waals surface area contributed by atoms with Crippen molar-refractivity contribution in [3.63, 3.8) is 0 Å². The van der Waals surface area contributed by atoms with Crippen molar-refractivity contribution in [3.05, 3.63) is 12.7 Å². The minimum Gasteiger partial charge on any atom is -0.393 e. The van der Waals surface area contributed by atoms with E-state index in [1.807, 2.05) is 0 Å². The van der Waals surface area contributed by atoms with Gasteiger partial charge in [0.05, 0.1) is 6.10 Å². The Morgan fingerprint density at radius 1 is 1.50 bits per heavy atom. The molecule has 0 aromatic carbocycles. The number of ether oxygens (including phenoxy) is 1. The van der Waals surface area contributed by atoms with Crippen LogP contribution in [0.3, 0.4) is 0 Å². The number of aliphatic hydroxyl groups excluding tert-OH is 1. The van der Waals surface area contributed by atoms with Gasteiger partial charge in [0.1, 0.15) is 6.61 Å². The second-order valence-electron chi connectivity index (χ2n) is 2.43. The van der Waals surface area contributed by atoms with Gasteiger partial charge >= 0.3 is 0 Å². The summed E-state index contributed by atoms with van der Waals surface area (Å²) in [5, 5.41) is 9.08. The van der Waals surface area contributed by atoms with Crippen LogP contribution in [0.15, 0.2) is 12.7 Å². The third-order valence-corrected chi connectivity index (χ3v) is 1.28. The minimum atomic E-state index is -2.43. The Labute approximate surface area is 70.8 Å². The van der Waals surface area contributed by atoms with E-state index in [1.54, 1.807) is 6.08 Å². The van der Waals surface area contributed by atoms with Crippen LogP contribution in [0.5, 0.6) is 0 Å². The molecule has 0 aromatic rings. The molecule has 0 aliphatic carbocycles. The number of hydrogen-bond donors (Lipinski definition) is 1. The van der Waals surface area contributed by atoms with Crippen LogP contribution < -0.4 is 0 Å². The van der Waals surface area contributed by atoms with Gasteiger partial charge in [-0.2, -0.15) is 0 Å². The Morgan fingerprint density at radius 3 is 2.67 bits per heavy atom. The van der Waals surface area contributed by atoms with Crippen LogP contribution in [-0.2, 0) is 4.74 Å². The molecule has 0 amide bonds. The molecule has 0 aromatic heterocycles. The summed E-state index contributed by atoms with van der Waals surface area (Å²) in [6, 6.07) is 0. The smallest absolute Gasteiger partial charge is 0.261 e. The van der Waals surface area contributed by atoms with Gasteiger partial charge in [-0.1, -0.05) is 6.08 Å². The highest BCUT2D eigenvalue weighted by atomic mass is 19.3. The summed E-state index contributed by atoms with van der Waals surface area (Å²) in [6.45, 7) is 3.05. The van der Waals surface area contributed by atoms with Gasteiger partial charge in [-0.25, -0.2) is 8.78 Å². The zero-order valence-electron chi connectivity index (χ0n) is 6.88. The lowest BCUT2D eigenvalue weighted by Crippen LogP contribution is -2.12. The van der Waals surface area contributed by atoms with Crippen molar-refractivity contribution in [2.24, 2.45) is 0 Å². The molecule has 0 radical (unpaired) electrons. The second kappa shape index (κ2) is 7.18. The Kier molecular flexibility index (Phi) is 6.90. The van der Waals surface area contributed by atoms with E-state index in [2.05, 4.69) is 11.3 Å². The highest BCUT2D eigenvalue weighted by molar-refractivity contribution is 4.71. The van der Waals surface area contributed by atoms with Gasteiger partial charge in [-0.05, 0) is 12.8 Å². The minimum absolute atomic E-state index is 0.166. The molecule has 0 saturated heterocycles. The van der Waals surface area contributed by atoms with Crippen molar-refractivity contribution in [2.45, 2.75) is 25.4 Å². The number of alkyl halides is 2. The van der Waals surface area contributed by atoms with E-state index in [9.17, 15) is 8.78 Å². The van der Waals surface area contributed by atoms with Crippen LogP contribution in [0.4, 0.5) is 8.78 Å². The zero-order chi connectivity index (χ0) is 9.40. The number of halogens is 2. The van der Waals surface area contributed by atoms with Gasteiger partial charge in [-0.3, -0.25) is 0 Å². The van der Waals surface area contributed by atoms with E-state index >= 15 is 0 Å². The van der Waals surface area contributed by atoms with Crippen LogP contribution in [0.25, 0.3) is 0 Å². The van der Waals surface area contributed by atoms with Gasteiger partial charge in [0.25, 0.3) is 6.43 Å². The summed E-state index contributed by atoms with van der Waals surface area (Å²) in [6.07, 6.45) is -0.532. The summed E-state index contributed by atoms with van der Waals surface area (Å²) in [5.41, 5.74) is 0. The normalized spacial score (nSPS) is 13.3. The molecular weight excluding hydrogens is 166 g/mol. The molecule has 72 valence electrons. The monoisotopic (exact) mass is 180 g/mol. The quantitative estimate of drug-likeness (QED) is 0.476. The molecule has 0 fully saturated rings. The highest BCUT2D eigenvalue weighted by Gasteiger charge is 2.04. The average molecular weight is 180 g/mol. The molecule has 4 heteroatoms. The Bertz CT molecular complexity index is 118. The van der Waals surface area contributed by atoms with Crippen LogP contribution in [0.2, 0.25) is 0 Å². The maximum absolute atomic E-state index is 11.5. The van der Waals surface area contributed by atoms with Crippen molar-refractivity contribution in [1.29, 1.82) is 0 Å². The largest absolute Gasteiger partial charge is 0.393 e. The van der Waals surface area contributed by atoms with Gasteiger partial charge in [0.2, 0.25) is 0 Å². The standard InChI is InChI=1S/C8H14F2O2/c1-2-3-7(11)4-5-12-6-8(9)10/h2,7-8,11H,1,3-6H2. The van der Waals surface area contributed by atoms with E-state index in [0.717, 1.165) is 0 Å². The van der Waals surface area contributed by atoms with Gasteiger partial charge < -0.3 is 9.84 Å². The number of rotatable bonds is 7. The second-order valence-corrected chi connectivity index (χ2v) is 2.43. The van der Waals surface area contributed by atoms with Gasteiger partial charge in [0, 0.05) is 6.61 Å². The average Bonchev–Trinajstić information content (AvgIpc) is 1.98. The van der Waals surface area contributed by atoms with Crippen molar-refractivity contribution < 1.29 is 18.6 Å².